The second kappa shape index (κ2) is 8.73. The Bertz CT molecular complexity index is 1090. The molecule has 162 valence electrons. The second-order valence-electron chi connectivity index (χ2n) is 8.02. The number of ether oxygens (including phenoxy) is 3. The molecule has 1 heterocycles. The van der Waals surface area contributed by atoms with Crippen LogP contribution in [0, 0.1) is 0 Å². The molecule has 0 aliphatic heterocycles. The van der Waals surface area contributed by atoms with E-state index in [-0.39, 0.29) is 6.61 Å². The molecule has 1 fully saturated rings. The van der Waals surface area contributed by atoms with Crippen LogP contribution in [0.15, 0.2) is 54.6 Å². The average Bonchev–Trinajstić information content (AvgIpc) is 3.47. The highest BCUT2D eigenvalue weighted by atomic mass is 35.5. The summed E-state index contributed by atoms with van der Waals surface area (Å²) < 4.78 is 18.4. The topological polar surface area (TPSA) is 62.6 Å². The lowest BCUT2D eigenvalue weighted by molar-refractivity contribution is -0.166. The van der Waals surface area contributed by atoms with Gasteiger partial charge in [-0.25, -0.2) is 9.48 Å². The number of methoxy groups -OCH3 is 1. The number of carbonyl (C=O) groups excluding carboxylic acids is 1. The third kappa shape index (κ3) is 4.92. The molecule has 31 heavy (non-hydrogen) atoms. The van der Waals surface area contributed by atoms with E-state index in [4.69, 9.17) is 30.9 Å². The van der Waals surface area contributed by atoms with Gasteiger partial charge in [0, 0.05) is 5.56 Å². The maximum Gasteiger partial charge on any atom is 0.337 e. The van der Waals surface area contributed by atoms with Gasteiger partial charge in [0.2, 0.25) is 0 Å². The smallest absolute Gasteiger partial charge is 0.337 e. The van der Waals surface area contributed by atoms with Crippen LogP contribution in [0.3, 0.4) is 0 Å². The van der Waals surface area contributed by atoms with Gasteiger partial charge in [-0.15, -0.1) is 0 Å². The first kappa shape index (κ1) is 21.4. The Morgan fingerprint density at radius 2 is 1.94 bits per heavy atom. The first-order chi connectivity index (χ1) is 14.9. The third-order valence-electron chi connectivity index (χ3n) is 5.06. The van der Waals surface area contributed by atoms with Gasteiger partial charge in [-0.2, -0.15) is 5.10 Å². The predicted octanol–water partition coefficient (Wildman–Crippen LogP) is 5.20. The van der Waals surface area contributed by atoms with E-state index in [1.807, 2.05) is 54.6 Å². The van der Waals surface area contributed by atoms with E-state index >= 15 is 0 Å². The summed E-state index contributed by atoms with van der Waals surface area (Å²) in [6.07, 6.45) is 2.51. The summed E-state index contributed by atoms with van der Waals surface area (Å²) in [4.78, 5) is 11.9. The maximum absolute atomic E-state index is 11.9. The molecule has 3 aromatic rings. The molecule has 7 heteroatoms. The highest BCUT2D eigenvalue weighted by molar-refractivity contribution is 6.32. The van der Waals surface area contributed by atoms with E-state index in [0.717, 1.165) is 35.5 Å². The van der Waals surface area contributed by atoms with Crippen molar-refractivity contribution in [1.82, 2.24) is 9.78 Å². The lowest BCUT2D eigenvalue weighted by Crippen LogP contribution is -2.35. The monoisotopic (exact) mass is 440 g/mol. The molecule has 0 amide bonds. The van der Waals surface area contributed by atoms with Crippen LogP contribution in [0.4, 0.5) is 0 Å². The summed E-state index contributed by atoms with van der Waals surface area (Å²) in [7, 11) is 1.34. The van der Waals surface area contributed by atoms with E-state index in [9.17, 15) is 4.79 Å². The number of benzene rings is 2. The molecular formula is C24H25ClN2O4. The molecule has 1 aliphatic rings. The lowest BCUT2D eigenvalue weighted by atomic mass is 10.1. The summed E-state index contributed by atoms with van der Waals surface area (Å²) in [5.41, 5.74) is 2.14. The summed E-state index contributed by atoms with van der Waals surface area (Å²) in [6, 6.07) is 17.4. The van der Waals surface area contributed by atoms with Crippen molar-refractivity contribution < 1.29 is 19.0 Å². The molecule has 0 bridgehead atoms. The van der Waals surface area contributed by atoms with E-state index in [1.54, 1.807) is 18.5 Å². The standard InChI is InChI=1S/C24H25ClN2O4/c1-24(2,23(28)29-3)30-15-17-14-22(27(26-17)21-10-5-4-9-20(21)25)16-7-6-8-19(13-16)31-18-11-12-18/h4-10,13-14,18H,11-12,15H2,1-3H3. The minimum atomic E-state index is -1.08. The quantitative estimate of drug-likeness (QED) is 0.450. The molecule has 0 spiro atoms. The molecule has 6 nitrogen and oxygen atoms in total. The van der Waals surface area contributed by atoms with Crippen LogP contribution in [0.2, 0.25) is 5.02 Å². The average molecular weight is 441 g/mol. The van der Waals surface area contributed by atoms with Crippen molar-refractivity contribution in [2.75, 3.05) is 7.11 Å². The number of rotatable bonds is 8. The molecule has 1 aromatic heterocycles. The number of hydrogen-bond acceptors (Lipinski definition) is 5. The molecule has 0 N–H and O–H groups in total. The lowest BCUT2D eigenvalue weighted by Gasteiger charge is -2.21. The molecule has 0 atom stereocenters. The zero-order chi connectivity index (χ0) is 22.0. The number of halogens is 1. The Kier molecular flexibility index (Phi) is 6.03. The van der Waals surface area contributed by atoms with Crippen LogP contribution in [-0.2, 0) is 20.9 Å². The fourth-order valence-corrected chi connectivity index (χ4v) is 3.40. The first-order valence-electron chi connectivity index (χ1n) is 10.2. The van der Waals surface area contributed by atoms with Gasteiger partial charge in [-0.3, -0.25) is 0 Å². The highest BCUT2D eigenvalue weighted by Gasteiger charge is 2.30. The largest absolute Gasteiger partial charge is 0.490 e. The van der Waals surface area contributed by atoms with Gasteiger partial charge < -0.3 is 14.2 Å². The van der Waals surface area contributed by atoms with Crippen molar-refractivity contribution in [1.29, 1.82) is 0 Å². The van der Waals surface area contributed by atoms with Gasteiger partial charge >= 0.3 is 5.97 Å². The molecule has 0 unspecified atom stereocenters. The zero-order valence-electron chi connectivity index (χ0n) is 17.8. The van der Waals surface area contributed by atoms with Gasteiger partial charge in [0.1, 0.15) is 5.75 Å². The van der Waals surface area contributed by atoms with Crippen LogP contribution < -0.4 is 4.74 Å². The van der Waals surface area contributed by atoms with Gasteiger partial charge in [-0.1, -0.05) is 35.9 Å². The van der Waals surface area contributed by atoms with Crippen LogP contribution >= 0.6 is 11.6 Å². The fourth-order valence-electron chi connectivity index (χ4n) is 3.18. The van der Waals surface area contributed by atoms with E-state index < -0.39 is 11.6 Å². The second-order valence-corrected chi connectivity index (χ2v) is 8.43. The van der Waals surface area contributed by atoms with Crippen LogP contribution in [0.1, 0.15) is 32.4 Å². The molecular weight excluding hydrogens is 416 g/mol. The normalized spacial score (nSPS) is 13.8. The summed E-state index contributed by atoms with van der Waals surface area (Å²) in [5, 5.41) is 5.31. The Labute approximate surface area is 186 Å². The predicted molar refractivity (Wildman–Crippen MR) is 119 cm³/mol. The van der Waals surface area contributed by atoms with E-state index in [0.29, 0.717) is 16.8 Å². The number of aromatic nitrogens is 2. The van der Waals surface area contributed by atoms with Gasteiger partial charge in [0.05, 0.1) is 41.9 Å². The minimum Gasteiger partial charge on any atom is -0.490 e. The number of para-hydroxylation sites is 1. The van der Waals surface area contributed by atoms with Crippen molar-refractivity contribution >= 4 is 17.6 Å². The summed E-state index contributed by atoms with van der Waals surface area (Å²) in [5.74, 6) is 0.389. The van der Waals surface area contributed by atoms with Gasteiger partial charge in [0.25, 0.3) is 0 Å². The molecule has 0 radical (unpaired) electrons. The van der Waals surface area contributed by atoms with Crippen molar-refractivity contribution in [3.05, 3.63) is 65.3 Å². The van der Waals surface area contributed by atoms with Gasteiger partial charge in [0.15, 0.2) is 5.60 Å². The fraction of sp³-hybridized carbons (Fsp3) is 0.333. The Balaban J connectivity index is 1.69. The molecule has 4 rings (SSSR count). The van der Waals surface area contributed by atoms with Crippen LogP contribution in [0.5, 0.6) is 5.75 Å². The SMILES string of the molecule is COC(=O)C(C)(C)OCc1cc(-c2cccc(OC3CC3)c2)n(-c2ccccc2Cl)n1. The molecule has 1 aliphatic carbocycles. The Hall–Kier alpha value is -2.83. The Morgan fingerprint density at radius 1 is 1.16 bits per heavy atom. The van der Waals surface area contributed by atoms with Crippen LogP contribution in [0.25, 0.3) is 16.9 Å². The summed E-state index contributed by atoms with van der Waals surface area (Å²) in [6.45, 7) is 3.48. The minimum absolute atomic E-state index is 0.144. The molecule has 2 aromatic carbocycles. The van der Waals surface area contributed by atoms with E-state index in [2.05, 4.69) is 0 Å². The summed E-state index contributed by atoms with van der Waals surface area (Å²) >= 11 is 6.47. The van der Waals surface area contributed by atoms with Crippen LogP contribution in [-0.4, -0.2) is 34.6 Å². The number of hydrogen-bond donors (Lipinski definition) is 0. The van der Waals surface area contributed by atoms with Crippen molar-refractivity contribution in [3.63, 3.8) is 0 Å². The number of carbonyl (C=O) groups is 1. The molecule has 1 saturated carbocycles. The van der Waals surface area contributed by atoms with Crippen molar-refractivity contribution in [3.8, 4) is 22.7 Å². The first-order valence-corrected chi connectivity index (χ1v) is 10.6. The third-order valence-corrected chi connectivity index (χ3v) is 5.38. The van der Waals surface area contributed by atoms with Gasteiger partial charge in [-0.05, 0) is 57.0 Å². The number of nitrogens with zero attached hydrogens (tertiary/aromatic N) is 2. The Morgan fingerprint density at radius 3 is 2.65 bits per heavy atom. The highest BCUT2D eigenvalue weighted by Crippen LogP contribution is 2.32. The maximum atomic E-state index is 11.9. The zero-order valence-corrected chi connectivity index (χ0v) is 18.6. The molecule has 0 saturated heterocycles. The number of esters is 1. The van der Waals surface area contributed by atoms with E-state index in [1.165, 1.54) is 7.11 Å². The van der Waals surface area contributed by atoms with Crippen molar-refractivity contribution in [2.45, 2.75) is 45.0 Å². The van der Waals surface area contributed by atoms with Crippen molar-refractivity contribution in [2.24, 2.45) is 0 Å².